The fraction of sp³-hybridized carbons (Fsp3) is 0.516. The molecule has 0 saturated carbocycles. The van der Waals surface area contributed by atoms with Crippen LogP contribution in [-0.4, -0.2) is 40.0 Å². The molecule has 7 nitrogen and oxygen atoms in total. The molecule has 0 spiro atoms. The summed E-state index contributed by atoms with van der Waals surface area (Å²) in [5, 5.41) is 5.82. The summed E-state index contributed by atoms with van der Waals surface area (Å²) in [6.45, 7) is 18.9. The smallest absolute Gasteiger partial charge is 0.408 e. The van der Waals surface area contributed by atoms with Gasteiger partial charge in [0, 0.05) is 11.2 Å². The highest BCUT2D eigenvalue weighted by molar-refractivity contribution is 5.99. The highest BCUT2D eigenvalue weighted by Crippen LogP contribution is 2.32. The van der Waals surface area contributed by atoms with E-state index in [1.807, 2.05) is 97.0 Å². The Hall–Kier alpha value is -3.35. The van der Waals surface area contributed by atoms with Crippen LogP contribution >= 0.6 is 0 Å². The number of rotatable bonds is 8. The lowest BCUT2D eigenvalue weighted by Crippen LogP contribution is -2.58. The first kappa shape index (κ1) is 30.9. The summed E-state index contributed by atoms with van der Waals surface area (Å²) in [5.74, 6) is -0.561. The van der Waals surface area contributed by atoms with Crippen molar-refractivity contribution in [2.24, 2.45) is 5.92 Å². The molecule has 0 saturated heterocycles. The Kier molecular flexibility index (Phi) is 10.1. The molecular weight excluding hydrogens is 478 g/mol. The molecule has 2 unspecified atom stereocenters. The van der Waals surface area contributed by atoms with Crippen LogP contribution in [0.4, 0.5) is 10.5 Å². The average Bonchev–Trinajstić information content (AvgIpc) is 2.76. The van der Waals surface area contributed by atoms with E-state index in [2.05, 4.69) is 10.6 Å². The number of nitrogens with one attached hydrogen (secondary N) is 2. The third-order valence-corrected chi connectivity index (χ3v) is 5.96. The molecule has 208 valence electrons. The Morgan fingerprint density at radius 1 is 0.895 bits per heavy atom. The summed E-state index contributed by atoms with van der Waals surface area (Å²) in [6.07, 6.45) is -0.272. The van der Waals surface area contributed by atoms with E-state index in [9.17, 15) is 14.4 Å². The van der Waals surface area contributed by atoms with Gasteiger partial charge in [-0.3, -0.25) is 9.59 Å². The van der Waals surface area contributed by atoms with Crippen molar-refractivity contribution in [1.82, 2.24) is 10.2 Å². The first-order chi connectivity index (χ1) is 17.5. The van der Waals surface area contributed by atoms with Crippen LogP contribution in [0.2, 0.25) is 0 Å². The number of amides is 3. The summed E-state index contributed by atoms with van der Waals surface area (Å²) >= 11 is 0. The first-order valence-corrected chi connectivity index (χ1v) is 13.3. The standard InChI is InChI=1S/C31H45N3O4/c1-20(2)19-25(33-29(37)38-31(8,9)10)28(36)34(30(5,6)7)26(23-17-15-21(3)16-18-23)27(35)32-24-14-12-11-13-22(24)4/h11-18,20,25-26H,19H2,1-10H3,(H,32,35)(H,33,37). The number of alkyl carbamates (subject to hydrolysis) is 1. The summed E-state index contributed by atoms with van der Waals surface area (Å²) < 4.78 is 5.46. The van der Waals surface area contributed by atoms with Crippen LogP contribution in [0.25, 0.3) is 0 Å². The van der Waals surface area contributed by atoms with E-state index in [1.54, 1.807) is 25.7 Å². The van der Waals surface area contributed by atoms with E-state index < -0.39 is 29.3 Å². The number of para-hydroxylation sites is 1. The van der Waals surface area contributed by atoms with Crippen molar-refractivity contribution in [3.63, 3.8) is 0 Å². The summed E-state index contributed by atoms with van der Waals surface area (Å²) in [6, 6.07) is 13.3. The number of nitrogens with zero attached hydrogens (tertiary/aromatic N) is 1. The van der Waals surface area contributed by atoms with Gasteiger partial charge < -0.3 is 20.3 Å². The highest BCUT2D eigenvalue weighted by Gasteiger charge is 2.42. The molecule has 0 aliphatic carbocycles. The fourth-order valence-electron chi connectivity index (χ4n) is 4.24. The molecule has 2 aromatic carbocycles. The predicted molar refractivity (Wildman–Crippen MR) is 153 cm³/mol. The minimum atomic E-state index is -0.933. The quantitative estimate of drug-likeness (QED) is 0.411. The van der Waals surface area contributed by atoms with Gasteiger partial charge in [0.25, 0.3) is 5.91 Å². The van der Waals surface area contributed by atoms with E-state index in [0.717, 1.165) is 11.1 Å². The molecule has 0 bridgehead atoms. The Morgan fingerprint density at radius 2 is 1.47 bits per heavy atom. The second kappa shape index (κ2) is 12.5. The molecule has 0 aliphatic rings. The zero-order chi connectivity index (χ0) is 28.8. The average molecular weight is 524 g/mol. The maximum absolute atomic E-state index is 14.3. The minimum Gasteiger partial charge on any atom is -0.444 e. The molecule has 0 aliphatic heterocycles. The Labute approximate surface area is 228 Å². The summed E-state index contributed by atoms with van der Waals surface area (Å²) in [5.41, 5.74) is 1.87. The summed E-state index contributed by atoms with van der Waals surface area (Å²) in [7, 11) is 0. The van der Waals surface area contributed by atoms with Gasteiger partial charge in [-0.25, -0.2) is 4.79 Å². The molecule has 0 radical (unpaired) electrons. The largest absolute Gasteiger partial charge is 0.444 e. The fourth-order valence-corrected chi connectivity index (χ4v) is 4.24. The van der Waals surface area contributed by atoms with Crippen LogP contribution in [0.5, 0.6) is 0 Å². The molecule has 3 amide bonds. The van der Waals surface area contributed by atoms with E-state index in [-0.39, 0.29) is 17.7 Å². The number of ether oxygens (including phenoxy) is 1. The number of carbonyl (C=O) groups is 3. The lowest BCUT2D eigenvalue weighted by molar-refractivity contribution is -0.147. The van der Waals surface area contributed by atoms with E-state index in [1.165, 1.54) is 0 Å². The third-order valence-electron chi connectivity index (χ3n) is 5.96. The van der Waals surface area contributed by atoms with Gasteiger partial charge in [-0.05, 0) is 84.9 Å². The maximum atomic E-state index is 14.3. The molecule has 0 aromatic heterocycles. The van der Waals surface area contributed by atoms with Crippen LogP contribution < -0.4 is 10.6 Å². The third kappa shape index (κ3) is 8.89. The van der Waals surface area contributed by atoms with Gasteiger partial charge in [0.2, 0.25) is 5.91 Å². The van der Waals surface area contributed by atoms with Crippen molar-refractivity contribution < 1.29 is 19.1 Å². The van der Waals surface area contributed by atoms with Crippen molar-refractivity contribution >= 4 is 23.6 Å². The highest BCUT2D eigenvalue weighted by atomic mass is 16.6. The van der Waals surface area contributed by atoms with Crippen molar-refractivity contribution in [2.75, 3.05) is 5.32 Å². The molecular formula is C31H45N3O4. The Morgan fingerprint density at radius 3 is 1.97 bits per heavy atom. The van der Waals surface area contributed by atoms with Crippen LogP contribution in [-0.2, 0) is 14.3 Å². The van der Waals surface area contributed by atoms with Gasteiger partial charge in [-0.1, -0.05) is 61.9 Å². The number of anilines is 1. The molecule has 2 aromatic rings. The van der Waals surface area contributed by atoms with Gasteiger partial charge >= 0.3 is 6.09 Å². The SMILES string of the molecule is Cc1ccc(C(C(=O)Nc2ccccc2C)N(C(=O)C(CC(C)C)NC(=O)OC(C)(C)C)C(C)(C)C)cc1. The number of benzene rings is 2. The molecule has 7 heteroatoms. The Balaban J connectivity index is 2.58. The summed E-state index contributed by atoms with van der Waals surface area (Å²) in [4.78, 5) is 42.6. The van der Waals surface area contributed by atoms with Crippen LogP contribution in [0.15, 0.2) is 48.5 Å². The van der Waals surface area contributed by atoms with Gasteiger partial charge in [-0.2, -0.15) is 0 Å². The second-order valence-corrected chi connectivity index (χ2v) is 12.3. The number of aryl methyl sites for hydroxylation is 2. The monoisotopic (exact) mass is 523 g/mol. The lowest BCUT2D eigenvalue weighted by Gasteiger charge is -2.43. The predicted octanol–water partition coefficient (Wildman–Crippen LogP) is 6.55. The zero-order valence-electron chi connectivity index (χ0n) is 24.6. The molecule has 0 fully saturated rings. The van der Waals surface area contributed by atoms with Crippen molar-refractivity contribution in [2.45, 2.75) is 98.9 Å². The normalized spacial score (nSPS) is 13.4. The lowest BCUT2D eigenvalue weighted by atomic mass is 9.93. The van der Waals surface area contributed by atoms with Gasteiger partial charge in [0.05, 0.1) is 0 Å². The van der Waals surface area contributed by atoms with E-state index in [4.69, 9.17) is 4.74 Å². The van der Waals surface area contributed by atoms with Crippen LogP contribution in [0, 0.1) is 19.8 Å². The van der Waals surface area contributed by atoms with Gasteiger partial charge in [0.15, 0.2) is 0 Å². The zero-order valence-corrected chi connectivity index (χ0v) is 24.6. The van der Waals surface area contributed by atoms with Crippen molar-refractivity contribution in [3.05, 3.63) is 65.2 Å². The first-order valence-electron chi connectivity index (χ1n) is 13.3. The number of carbonyl (C=O) groups excluding carboxylic acids is 3. The van der Waals surface area contributed by atoms with Gasteiger partial charge in [0.1, 0.15) is 17.7 Å². The topological polar surface area (TPSA) is 87.7 Å². The maximum Gasteiger partial charge on any atom is 0.408 e. The molecule has 2 N–H and O–H groups in total. The number of hydrogen-bond donors (Lipinski definition) is 2. The second-order valence-electron chi connectivity index (χ2n) is 12.3. The van der Waals surface area contributed by atoms with Gasteiger partial charge in [-0.15, -0.1) is 0 Å². The van der Waals surface area contributed by atoms with Crippen LogP contribution in [0.3, 0.4) is 0 Å². The van der Waals surface area contributed by atoms with Crippen molar-refractivity contribution in [3.8, 4) is 0 Å². The number of hydrogen-bond acceptors (Lipinski definition) is 4. The van der Waals surface area contributed by atoms with E-state index >= 15 is 0 Å². The molecule has 38 heavy (non-hydrogen) atoms. The minimum absolute atomic E-state index is 0.110. The van der Waals surface area contributed by atoms with Crippen molar-refractivity contribution in [1.29, 1.82) is 0 Å². The molecule has 2 atom stereocenters. The molecule has 2 rings (SSSR count). The van der Waals surface area contributed by atoms with E-state index in [0.29, 0.717) is 17.7 Å². The molecule has 0 heterocycles. The Bertz CT molecular complexity index is 1110. The van der Waals surface area contributed by atoms with Crippen LogP contribution in [0.1, 0.15) is 84.5 Å².